The first-order chi connectivity index (χ1) is 18.9. The number of carboxylic acids is 1. The van der Waals surface area contributed by atoms with Crippen LogP contribution in [0, 0.1) is 0 Å². The van der Waals surface area contributed by atoms with Gasteiger partial charge in [-0.1, -0.05) is 36.4 Å². The van der Waals surface area contributed by atoms with E-state index in [9.17, 15) is 23.1 Å². The zero-order valence-corrected chi connectivity index (χ0v) is 23.1. The summed E-state index contributed by atoms with van der Waals surface area (Å²) in [5.41, 5.74) is 1.35. The number of ether oxygens (including phenoxy) is 2. The van der Waals surface area contributed by atoms with E-state index in [4.69, 9.17) is 14.5 Å². The zero-order valence-electron chi connectivity index (χ0n) is 22.2. The number of carbonyl (C=O) groups is 1. The molecule has 10 heteroatoms. The lowest BCUT2D eigenvalue weighted by molar-refractivity contribution is -0.152. The molecule has 0 radical (unpaired) electrons. The van der Waals surface area contributed by atoms with E-state index >= 15 is 0 Å². The average Bonchev–Trinajstić information content (AvgIpc) is 3.42. The summed E-state index contributed by atoms with van der Waals surface area (Å²) in [4.78, 5) is 18.2. The van der Waals surface area contributed by atoms with Crippen LogP contribution >= 0.6 is 11.3 Å². The number of aliphatic carboxylic acids is 1. The molecular formula is C30H29F3N2O4S. The quantitative estimate of drug-likeness (QED) is 0.204. The van der Waals surface area contributed by atoms with Gasteiger partial charge in [0.25, 0.3) is 0 Å². The van der Waals surface area contributed by atoms with E-state index in [1.807, 2.05) is 46.7 Å². The van der Waals surface area contributed by atoms with Gasteiger partial charge in [-0.15, -0.1) is 11.3 Å². The third kappa shape index (κ3) is 7.32. The van der Waals surface area contributed by atoms with Crippen molar-refractivity contribution in [2.45, 2.75) is 38.6 Å². The van der Waals surface area contributed by atoms with Gasteiger partial charge in [-0.2, -0.15) is 13.2 Å². The summed E-state index contributed by atoms with van der Waals surface area (Å²) in [7, 11) is 1.60. The number of alkyl halides is 3. The minimum atomic E-state index is -4.39. The van der Waals surface area contributed by atoms with Gasteiger partial charge in [0.1, 0.15) is 11.5 Å². The molecule has 210 valence electrons. The van der Waals surface area contributed by atoms with Gasteiger partial charge in [0.2, 0.25) is 0 Å². The Labute approximate surface area is 234 Å². The molecule has 40 heavy (non-hydrogen) atoms. The van der Waals surface area contributed by atoms with Gasteiger partial charge in [-0.05, 0) is 67.8 Å². The van der Waals surface area contributed by atoms with Crippen LogP contribution in [0.15, 0.2) is 78.2 Å². The highest BCUT2D eigenvalue weighted by Crippen LogP contribution is 2.32. The van der Waals surface area contributed by atoms with Crippen LogP contribution in [0.4, 0.5) is 18.3 Å². The van der Waals surface area contributed by atoms with Crippen LogP contribution in [0.2, 0.25) is 0 Å². The predicted octanol–water partition coefficient (Wildman–Crippen LogP) is 7.33. The number of nitrogens with zero attached hydrogens (tertiary/aromatic N) is 2. The molecular weight excluding hydrogens is 541 g/mol. The summed E-state index contributed by atoms with van der Waals surface area (Å²) in [6.45, 7) is 3.89. The monoisotopic (exact) mass is 570 g/mol. The molecule has 1 heterocycles. The Morgan fingerprint density at radius 1 is 0.975 bits per heavy atom. The van der Waals surface area contributed by atoms with Crippen LogP contribution in [0.25, 0.3) is 11.3 Å². The Hall–Kier alpha value is -4.05. The minimum absolute atomic E-state index is 0.372. The highest BCUT2D eigenvalue weighted by Gasteiger charge is 2.30. The molecule has 0 bridgehead atoms. The Morgan fingerprint density at radius 2 is 1.65 bits per heavy atom. The second kappa shape index (κ2) is 12.0. The summed E-state index contributed by atoms with van der Waals surface area (Å²) in [5.74, 6) is 0.0979. The van der Waals surface area contributed by atoms with E-state index in [0.717, 1.165) is 39.6 Å². The van der Waals surface area contributed by atoms with Crippen molar-refractivity contribution in [3.63, 3.8) is 0 Å². The van der Waals surface area contributed by atoms with Gasteiger partial charge in [-0.3, -0.25) is 0 Å². The van der Waals surface area contributed by atoms with Crippen molar-refractivity contribution in [1.82, 2.24) is 4.98 Å². The number of thiazole rings is 1. The number of methoxy groups -OCH3 is 1. The average molecular weight is 571 g/mol. The van der Waals surface area contributed by atoms with Gasteiger partial charge in [0, 0.05) is 24.0 Å². The SMILES string of the molecule is COc1cccc(-c2csc(N(CCc3ccc(OC(C)(C)C(=O)O)cc3)Cc3ccc(C(F)(F)F)cc3)n2)c1. The number of hydrogen-bond acceptors (Lipinski definition) is 6. The number of hydrogen-bond donors (Lipinski definition) is 1. The molecule has 4 aromatic rings. The van der Waals surface area contributed by atoms with Crippen molar-refractivity contribution >= 4 is 22.4 Å². The zero-order chi connectivity index (χ0) is 28.9. The van der Waals surface area contributed by atoms with E-state index in [2.05, 4.69) is 0 Å². The lowest BCUT2D eigenvalue weighted by Crippen LogP contribution is -2.37. The van der Waals surface area contributed by atoms with E-state index < -0.39 is 23.3 Å². The Morgan fingerprint density at radius 3 is 2.27 bits per heavy atom. The molecule has 0 unspecified atom stereocenters. The molecule has 0 aliphatic heterocycles. The maximum absolute atomic E-state index is 13.1. The van der Waals surface area contributed by atoms with E-state index in [0.29, 0.717) is 31.0 Å². The number of aromatic nitrogens is 1. The normalized spacial score (nSPS) is 11.8. The second-order valence-electron chi connectivity index (χ2n) is 9.67. The van der Waals surface area contributed by atoms with Crippen molar-refractivity contribution in [2.24, 2.45) is 0 Å². The number of benzene rings is 3. The maximum Gasteiger partial charge on any atom is 0.416 e. The molecule has 0 amide bonds. The molecule has 4 rings (SSSR count). The molecule has 0 aliphatic rings. The molecule has 0 saturated heterocycles. The molecule has 0 aliphatic carbocycles. The topological polar surface area (TPSA) is 71.9 Å². The molecule has 0 saturated carbocycles. The van der Waals surface area contributed by atoms with E-state index in [1.165, 1.54) is 37.3 Å². The fourth-order valence-corrected chi connectivity index (χ4v) is 4.77. The van der Waals surface area contributed by atoms with Gasteiger partial charge in [0.05, 0.1) is 18.4 Å². The van der Waals surface area contributed by atoms with Crippen LogP contribution in [0.3, 0.4) is 0 Å². The minimum Gasteiger partial charge on any atom is -0.497 e. The first-order valence-electron chi connectivity index (χ1n) is 12.5. The number of anilines is 1. The first-order valence-corrected chi connectivity index (χ1v) is 13.3. The van der Waals surface area contributed by atoms with Crippen molar-refractivity contribution < 1.29 is 32.5 Å². The summed E-state index contributed by atoms with van der Waals surface area (Å²) in [5, 5.41) is 12.0. The van der Waals surface area contributed by atoms with Gasteiger partial charge in [-0.25, -0.2) is 9.78 Å². The second-order valence-corrected chi connectivity index (χ2v) is 10.5. The molecule has 0 atom stereocenters. The molecule has 0 spiro atoms. The summed E-state index contributed by atoms with van der Waals surface area (Å²) < 4.78 is 50.1. The van der Waals surface area contributed by atoms with Gasteiger partial charge >= 0.3 is 12.1 Å². The van der Waals surface area contributed by atoms with E-state index in [-0.39, 0.29) is 0 Å². The molecule has 6 nitrogen and oxygen atoms in total. The van der Waals surface area contributed by atoms with Crippen LogP contribution < -0.4 is 14.4 Å². The van der Waals surface area contributed by atoms with Crippen molar-refractivity contribution in [2.75, 3.05) is 18.6 Å². The summed E-state index contributed by atoms with van der Waals surface area (Å²) in [6.07, 6.45) is -3.77. The van der Waals surface area contributed by atoms with E-state index in [1.54, 1.807) is 19.2 Å². The third-order valence-electron chi connectivity index (χ3n) is 6.26. The lowest BCUT2D eigenvalue weighted by Gasteiger charge is -2.23. The molecule has 1 aromatic heterocycles. The molecule has 3 aromatic carbocycles. The standard InChI is InChI=1S/C30H29F3N2O4S/c1-29(2,27(36)37)39-24-13-9-20(10-14-24)15-16-35(18-21-7-11-23(12-8-21)30(31,32)33)28-34-26(19-40-28)22-5-4-6-25(17-22)38-3/h4-14,17,19H,15-16,18H2,1-3H3,(H,36,37). The third-order valence-corrected chi connectivity index (χ3v) is 7.17. The Kier molecular flexibility index (Phi) is 8.68. The molecule has 1 N–H and O–H groups in total. The maximum atomic E-state index is 13.1. The van der Waals surface area contributed by atoms with Crippen LogP contribution in [0.5, 0.6) is 11.5 Å². The largest absolute Gasteiger partial charge is 0.497 e. The van der Waals surface area contributed by atoms with Crippen LogP contribution in [-0.4, -0.2) is 35.3 Å². The first kappa shape index (κ1) is 28.9. The Balaban J connectivity index is 1.54. The lowest BCUT2D eigenvalue weighted by atomic mass is 10.1. The van der Waals surface area contributed by atoms with Gasteiger partial charge < -0.3 is 19.5 Å². The fourth-order valence-electron chi connectivity index (χ4n) is 3.91. The van der Waals surface area contributed by atoms with Gasteiger partial charge in [0.15, 0.2) is 10.7 Å². The number of rotatable bonds is 11. The van der Waals surface area contributed by atoms with Crippen LogP contribution in [-0.2, 0) is 23.9 Å². The molecule has 0 fully saturated rings. The highest BCUT2D eigenvalue weighted by molar-refractivity contribution is 7.14. The predicted molar refractivity (Wildman–Crippen MR) is 149 cm³/mol. The fraction of sp³-hybridized carbons (Fsp3) is 0.267. The van der Waals surface area contributed by atoms with Crippen molar-refractivity contribution in [1.29, 1.82) is 0 Å². The van der Waals surface area contributed by atoms with Crippen LogP contribution in [0.1, 0.15) is 30.5 Å². The van der Waals surface area contributed by atoms with Crippen molar-refractivity contribution in [3.05, 3.63) is 94.9 Å². The number of carboxylic acid groups (broad SMARTS) is 1. The summed E-state index contributed by atoms with van der Waals surface area (Å²) in [6, 6.07) is 19.9. The Bertz CT molecular complexity index is 1430. The highest BCUT2D eigenvalue weighted by atomic mass is 32.1. The number of halogens is 3. The van der Waals surface area contributed by atoms with Crippen molar-refractivity contribution in [3.8, 4) is 22.8 Å². The smallest absolute Gasteiger partial charge is 0.416 e. The summed E-state index contributed by atoms with van der Waals surface area (Å²) >= 11 is 1.46.